The number of benzene rings is 3. The smallest absolute Gasteiger partial charge is 0.175 e. The van der Waals surface area contributed by atoms with Gasteiger partial charge in [0.15, 0.2) is 7.14 Å². The van der Waals surface area contributed by atoms with Crippen molar-refractivity contribution >= 4 is 34.1 Å². The van der Waals surface area contributed by atoms with E-state index in [0.717, 1.165) is 56.0 Å². The Morgan fingerprint density at radius 2 is 1.58 bits per heavy atom. The zero-order chi connectivity index (χ0) is 21.0. The molecule has 0 saturated heterocycles. The Kier molecular flexibility index (Phi) is 3.99. The van der Waals surface area contributed by atoms with Gasteiger partial charge in [0.25, 0.3) is 0 Å². The summed E-state index contributed by atoms with van der Waals surface area (Å²) in [5.41, 5.74) is 4.86. The fourth-order valence-electron chi connectivity index (χ4n) is 4.65. The molecular weight excluding hydrogens is 401 g/mol. The number of fused-ring (bicyclic) bond motifs is 2. The van der Waals surface area contributed by atoms with E-state index in [2.05, 4.69) is 34.7 Å². The Morgan fingerprint density at radius 1 is 0.839 bits per heavy atom. The average molecular weight is 421 g/mol. The number of rotatable bonds is 3. The van der Waals surface area contributed by atoms with E-state index in [0.29, 0.717) is 0 Å². The number of aryl methyl sites for hydroxylation is 1. The quantitative estimate of drug-likeness (QED) is 0.392. The summed E-state index contributed by atoms with van der Waals surface area (Å²) in [5.74, 6) is 0.981. The molecule has 2 aromatic heterocycles. The predicted octanol–water partition coefficient (Wildman–Crippen LogP) is 4.60. The van der Waals surface area contributed by atoms with Gasteiger partial charge in [-0.3, -0.25) is 9.55 Å². The van der Waals surface area contributed by atoms with Crippen LogP contribution in [-0.4, -0.2) is 14.5 Å². The standard InChI is InChI=1S/C26H20N3OP/c1-2-25-28-21-16-19(18-12-14-27-15-13-18)17-24-26(21)29(25)22-10-6-7-11-23(22)31(24,30)20-8-4-3-5-9-20/h3-17H,2H2,1H3. The maximum absolute atomic E-state index is 15.1. The molecule has 5 aromatic rings. The van der Waals surface area contributed by atoms with Gasteiger partial charge in [-0.25, -0.2) is 4.98 Å². The lowest BCUT2D eigenvalue weighted by molar-refractivity contribution is 0.592. The predicted molar refractivity (Wildman–Crippen MR) is 127 cm³/mol. The van der Waals surface area contributed by atoms with Crippen molar-refractivity contribution in [2.75, 3.05) is 0 Å². The first kappa shape index (κ1) is 18.3. The SMILES string of the molecule is CCc1nc2cc(-c3ccncc3)cc3c2n1-c1ccccc1P3(=O)c1ccccc1. The molecule has 0 radical (unpaired) electrons. The highest BCUT2D eigenvalue weighted by Gasteiger charge is 2.39. The van der Waals surface area contributed by atoms with Gasteiger partial charge in [0, 0.05) is 34.7 Å². The van der Waals surface area contributed by atoms with Crippen LogP contribution in [0.3, 0.4) is 0 Å². The normalized spacial score (nSPS) is 16.9. The van der Waals surface area contributed by atoms with Gasteiger partial charge >= 0.3 is 0 Å². The van der Waals surface area contributed by atoms with Gasteiger partial charge in [-0.15, -0.1) is 0 Å². The molecule has 1 atom stereocenters. The number of pyridine rings is 1. The van der Waals surface area contributed by atoms with Crippen LogP contribution in [-0.2, 0) is 11.0 Å². The first-order valence-corrected chi connectivity index (χ1v) is 12.1. The lowest BCUT2D eigenvalue weighted by Gasteiger charge is -2.29. The molecule has 0 fully saturated rings. The van der Waals surface area contributed by atoms with Crippen LogP contribution in [0.2, 0.25) is 0 Å². The molecule has 0 amide bonds. The van der Waals surface area contributed by atoms with Crippen LogP contribution in [0.5, 0.6) is 0 Å². The van der Waals surface area contributed by atoms with Gasteiger partial charge < -0.3 is 4.57 Å². The summed E-state index contributed by atoms with van der Waals surface area (Å²) >= 11 is 0. The highest BCUT2D eigenvalue weighted by molar-refractivity contribution is 7.86. The van der Waals surface area contributed by atoms with Gasteiger partial charge in [-0.1, -0.05) is 49.4 Å². The Balaban J connectivity index is 1.80. The van der Waals surface area contributed by atoms with E-state index in [1.54, 1.807) is 12.4 Å². The molecule has 4 nitrogen and oxygen atoms in total. The van der Waals surface area contributed by atoms with Crippen LogP contribution in [0, 0.1) is 0 Å². The monoisotopic (exact) mass is 421 g/mol. The van der Waals surface area contributed by atoms with E-state index in [-0.39, 0.29) is 0 Å². The summed E-state index contributed by atoms with van der Waals surface area (Å²) < 4.78 is 17.3. The van der Waals surface area contributed by atoms with Crippen LogP contribution in [0.1, 0.15) is 12.7 Å². The minimum atomic E-state index is -3.09. The lowest BCUT2D eigenvalue weighted by atomic mass is 10.1. The summed E-state index contributed by atoms with van der Waals surface area (Å²) in [4.78, 5) is 9.12. The number of hydrogen-bond donors (Lipinski definition) is 0. The van der Waals surface area contributed by atoms with E-state index in [4.69, 9.17) is 4.98 Å². The summed E-state index contributed by atoms with van der Waals surface area (Å²) in [6.07, 6.45) is 4.36. The minimum absolute atomic E-state index is 0.794. The summed E-state index contributed by atoms with van der Waals surface area (Å²) in [7, 11) is -3.09. The number of para-hydroxylation sites is 1. The van der Waals surface area contributed by atoms with Crippen LogP contribution in [0.15, 0.2) is 91.3 Å². The van der Waals surface area contributed by atoms with E-state index in [1.165, 1.54) is 0 Å². The van der Waals surface area contributed by atoms with E-state index in [9.17, 15) is 0 Å². The first-order chi connectivity index (χ1) is 15.2. The van der Waals surface area contributed by atoms with Gasteiger partial charge in [-0.05, 0) is 47.5 Å². The molecule has 0 spiro atoms. The molecule has 0 N–H and O–H groups in total. The molecular formula is C26H20N3OP. The van der Waals surface area contributed by atoms with Crippen molar-refractivity contribution in [1.29, 1.82) is 0 Å². The molecule has 3 heterocycles. The molecule has 5 heteroatoms. The molecule has 150 valence electrons. The van der Waals surface area contributed by atoms with Crippen LogP contribution in [0.4, 0.5) is 0 Å². The Bertz CT molecular complexity index is 1490. The summed E-state index contributed by atoms with van der Waals surface area (Å²) in [6, 6.07) is 26.1. The van der Waals surface area contributed by atoms with Gasteiger partial charge in [0.1, 0.15) is 5.82 Å². The van der Waals surface area contributed by atoms with Crippen molar-refractivity contribution < 1.29 is 4.57 Å². The second-order valence-electron chi connectivity index (χ2n) is 7.75. The highest BCUT2D eigenvalue weighted by atomic mass is 31.2. The zero-order valence-corrected chi connectivity index (χ0v) is 18.0. The van der Waals surface area contributed by atoms with E-state index < -0.39 is 7.14 Å². The van der Waals surface area contributed by atoms with Gasteiger partial charge in [0.2, 0.25) is 0 Å². The van der Waals surface area contributed by atoms with Crippen molar-refractivity contribution in [3.05, 3.63) is 97.1 Å². The van der Waals surface area contributed by atoms with Crippen molar-refractivity contribution in [3.8, 4) is 16.8 Å². The first-order valence-electron chi connectivity index (χ1n) is 10.4. The molecule has 0 aliphatic carbocycles. The minimum Gasteiger partial charge on any atom is -0.308 e. The second kappa shape index (κ2) is 6.76. The fourth-order valence-corrected chi connectivity index (χ4v) is 7.68. The third kappa shape index (κ3) is 2.52. The Hall–Kier alpha value is -3.49. The fraction of sp³-hybridized carbons (Fsp3) is 0.0769. The van der Waals surface area contributed by atoms with Crippen molar-refractivity contribution in [1.82, 2.24) is 14.5 Å². The topological polar surface area (TPSA) is 47.8 Å². The second-order valence-corrected chi connectivity index (χ2v) is 10.4. The Labute approximate surface area is 180 Å². The number of hydrogen-bond acceptors (Lipinski definition) is 3. The van der Waals surface area contributed by atoms with E-state index >= 15 is 4.57 Å². The highest BCUT2D eigenvalue weighted by Crippen LogP contribution is 2.50. The van der Waals surface area contributed by atoms with Crippen LogP contribution >= 0.6 is 7.14 Å². The van der Waals surface area contributed by atoms with Gasteiger partial charge in [-0.2, -0.15) is 0 Å². The molecule has 0 bridgehead atoms. The molecule has 1 aliphatic rings. The summed E-state index contributed by atoms with van der Waals surface area (Å²) in [6.45, 7) is 2.11. The van der Waals surface area contributed by atoms with E-state index in [1.807, 2.05) is 60.7 Å². The van der Waals surface area contributed by atoms with Crippen molar-refractivity contribution in [2.24, 2.45) is 0 Å². The zero-order valence-electron chi connectivity index (χ0n) is 17.1. The van der Waals surface area contributed by atoms with Crippen molar-refractivity contribution in [3.63, 3.8) is 0 Å². The van der Waals surface area contributed by atoms with Crippen LogP contribution in [0.25, 0.3) is 27.8 Å². The number of imidazole rings is 1. The molecule has 3 aromatic carbocycles. The molecule has 6 rings (SSSR count). The number of nitrogens with zero attached hydrogens (tertiary/aromatic N) is 3. The lowest BCUT2D eigenvalue weighted by Crippen LogP contribution is -2.33. The molecule has 0 saturated carbocycles. The molecule has 31 heavy (non-hydrogen) atoms. The van der Waals surface area contributed by atoms with Gasteiger partial charge in [0.05, 0.1) is 16.7 Å². The average Bonchev–Trinajstić information content (AvgIpc) is 3.22. The number of aromatic nitrogens is 3. The largest absolute Gasteiger partial charge is 0.308 e. The third-order valence-electron chi connectivity index (χ3n) is 6.05. The molecule has 1 unspecified atom stereocenters. The van der Waals surface area contributed by atoms with Crippen LogP contribution < -0.4 is 15.9 Å². The molecule has 1 aliphatic heterocycles. The Morgan fingerprint density at radius 3 is 2.35 bits per heavy atom. The maximum atomic E-state index is 15.1. The maximum Gasteiger partial charge on any atom is 0.175 e. The third-order valence-corrected chi connectivity index (χ3v) is 9.15. The summed E-state index contributed by atoms with van der Waals surface area (Å²) in [5, 5.41) is 2.57. The van der Waals surface area contributed by atoms with Crippen molar-refractivity contribution in [2.45, 2.75) is 13.3 Å².